The zero-order valence-electron chi connectivity index (χ0n) is 32.8. The van der Waals surface area contributed by atoms with Crippen LogP contribution < -0.4 is 16.4 Å². The fourth-order valence-corrected chi connectivity index (χ4v) is 7.59. The number of ketones is 3. The van der Waals surface area contributed by atoms with Crippen molar-refractivity contribution in [3.63, 3.8) is 0 Å². The molecule has 1 aromatic rings. The van der Waals surface area contributed by atoms with E-state index in [4.69, 9.17) is 15.2 Å². The standard InChI is InChI=1S/C41H60N4O9/c1-40(2,3)53-29-23-30(45(24-29)38(51)35(27-15-11-8-12-16-27)44-39(52)54-41(4,5)6)32(47)22-28(21-25-17-18-25)36(49)31(46)19-20-33(48)43-34(37(42)50)26-13-9-7-10-14-26/h7,9-10,13-14,25,27-30,34-35H,8,11-12,15-24H2,1-6H3,(H2,42,50)(H,43,48)(H,44,52)/t28?,29-,30+,34+,35+/m1/s1. The maximum Gasteiger partial charge on any atom is 0.408 e. The second-order valence-electron chi connectivity index (χ2n) is 17.3. The van der Waals surface area contributed by atoms with Crippen LogP contribution in [-0.4, -0.2) is 82.0 Å². The molecule has 4 N–H and O–H groups in total. The van der Waals surface area contributed by atoms with Gasteiger partial charge in [-0.05, 0) is 78.2 Å². The summed E-state index contributed by atoms with van der Waals surface area (Å²) in [5.74, 6) is -4.44. The van der Waals surface area contributed by atoms with Crippen molar-refractivity contribution in [2.24, 2.45) is 23.5 Å². The Morgan fingerprint density at radius 1 is 0.852 bits per heavy atom. The largest absolute Gasteiger partial charge is 0.444 e. The van der Waals surface area contributed by atoms with E-state index >= 15 is 0 Å². The molecule has 3 fully saturated rings. The van der Waals surface area contributed by atoms with Crippen LogP contribution in [0.1, 0.15) is 130 Å². The third-order valence-corrected chi connectivity index (χ3v) is 10.2. The van der Waals surface area contributed by atoms with E-state index in [1.54, 1.807) is 51.1 Å². The van der Waals surface area contributed by atoms with Gasteiger partial charge in [-0.1, -0.05) is 62.4 Å². The number of carbonyl (C=O) groups excluding carboxylic acids is 7. The van der Waals surface area contributed by atoms with E-state index in [1.165, 1.54) is 4.90 Å². The SMILES string of the molecule is CC(C)(C)OC(=O)N[C@H](C(=O)N1C[C@H](OC(C)(C)C)C[C@H]1C(=O)CC(CC1CC1)C(=O)C(=O)CCC(=O)N[C@H](C(N)=O)c1ccccc1)C1CCCCC1. The summed E-state index contributed by atoms with van der Waals surface area (Å²) in [7, 11) is 0. The van der Waals surface area contributed by atoms with Gasteiger partial charge in [0.2, 0.25) is 23.5 Å². The predicted molar refractivity (Wildman–Crippen MR) is 201 cm³/mol. The number of hydrogen-bond donors (Lipinski definition) is 3. The summed E-state index contributed by atoms with van der Waals surface area (Å²) in [6.45, 7) is 11.1. The van der Waals surface area contributed by atoms with E-state index in [2.05, 4.69) is 10.6 Å². The Bertz CT molecular complexity index is 1520. The topological polar surface area (TPSA) is 191 Å². The summed E-state index contributed by atoms with van der Waals surface area (Å²) in [4.78, 5) is 95.1. The first-order valence-corrected chi connectivity index (χ1v) is 19.5. The molecule has 13 heteroatoms. The van der Waals surface area contributed by atoms with E-state index in [1.807, 2.05) is 20.8 Å². The Kier molecular flexibility index (Phi) is 14.6. The molecule has 1 saturated heterocycles. The zero-order valence-corrected chi connectivity index (χ0v) is 32.8. The number of benzene rings is 1. The number of nitrogens with zero attached hydrogens (tertiary/aromatic N) is 1. The van der Waals surface area contributed by atoms with Gasteiger partial charge in [0.15, 0.2) is 11.6 Å². The van der Waals surface area contributed by atoms with Crippen LogP contribution in [0.5, 0.6) is 0 Å². The third kappa shape index (κ3) is 13.0. The van der Waals surface area contributed by atoms with Gasteiger partial charge in [0.1, 0.15) is 17.7 Å². The van der Waals surface area contributed by atoms with Gasteiger partial charge in [-0.3, -0.25) is 28.8 Å². The first-order valence-electron chi connectivity index (χ1n) is 19.5. The first kappa shape index (κ1) is 42.6. The fraction of sp³-hybridized carbons (Fsp3) is 0.683. The lowest BCUT2D eigenvalue weighted by molar-refractivity contribution is -0.143. The molecule has 1 unspecified atom stereocenters. The minimum absolute atomic E-state index is 0.135. The second-order valence-corrected chi connectivity index (χ2v) is 17.3. The molecule has 0 spiro atoms. The highest BCUT2D eigenvalue weighted by Gasteiger charge is 2.46. The molecule has 1 aliphatic heterocycles. The van der Waals surface area contributed by atoms with Crippen molar-refractivity contribution in [1.82, 2.24) is 15.5 Å². The van der Waals surface area contributed by atoms with Gasteiger partial charge < -0.3 is 30.7 Å². The van der Waals surface area contributed by atoms with Gasteiger partial charge in [0, 0.05) is 38.1 Å². The minimum Gasteiger partial charge on any atom is -0.444 e. The summed E-state index contributed by atoms with van der Waals surface area (Å²) in [6, 6.07) is 5.54. The van der Waals surface area contributed by atoms with Crippen LogP contribution in [0.25, 0.3) is 0 Å². The highest BCUT2D eigenvalue weighted by molar-refractivity contribution is 6.38. The Hall–Kier alpha value is -4.13. The Balaban J connectivity index is 1.49. The average molecular weight is 753 g/mol. The monoisotopic (exact) mass is 752 g/mol. The fourth-order valence-electron chi connectivity index (χ4n) is 7.59. The number of Topliss-reactive ketones (excluding diaryl/α,β-unsaturated/α-hetero) is 3. The van der Waals surface area contributed by atoms with Gasteiger partial charge in [-0.25, -0.2) is 4.79 Å². The summed E-state index contributed by atoms with van der Waals surface area (Å²) in [6.07, 6.45) is 4.57. The van der Waals surface area contributed by atoms with E-state index in [-0.39, 0.29) is 49.3 Å². The molecule has 0 aromatic heterocycles. The molecule has 0 radical (unpaired) electrons. The molecule has 0 bridgehead atoms. The zero-order chi connectivity index (χ0) is 39.8. The van der Waals surface area contributed by atoms with Crippen LogP contribution in [0, 0.1) is 17.8 Å². The number of carbonyl (C=O) groups is 7. The molecule has 5 atom stereocenters. The van der Waals surface area contributed by atoms with Crippen LogP contribution in [0.2, 0.25) is 0 Å². The van der Waals surface area contributed by atoms with Gasteiger partial charge in [0.25, 0.3) is 0 Å². The summed E-state index contributed by atoms with van der Waals surface area (Å²) in [5.41, 5.74) is 4.67. The Morgan fingerprint density at radius 2 is 1.50 bits per heavy atom. The van der Waals surface area contributed by atoms with Crippen molar-refractivity contribution in [2.75, 3.05) is 6.54 Å². The van der Waals surface area contributed by atoms with Crippen molar-refractivity contribution in [1.29, 1.82) is 0 Å². The molecular weight excluding hydrogens is 692 g/mol. The maximum absolute atomic E-state index is 14.5. The van der Waals surface area contributed by atoms with E-state index < -0.39 is 77.2 Å². The third-order valence-electron chi connectivity index (χ3n) is 10.2. The second kappa shape index (κ2) is 18.5. The van der Waals surface area contributed by atoms with Crippen molar-refractivity contribution < 1.29 is 43.0 Å². The molecule has 298 valence electrons. The summed E-state index contributed by atoms with van der Waals surface area (Å²) >= 11 is 0. The van der Waals surface area contributed by atoms with Crippen LogP contribution in [-0.2, 0) is 38.2 Å². The number of likely N-dealkylation sites (tertiary alicyclic amines) is 1. The number of primary amides is 1. The van der Waals surface area contributed by atoms with Crippen molar-refractivity contribution in [3.05, 3.63) is 35.9 Å². The molecule has 13 nitrogen and oxygen atoms in total. The summed E-state index contributed by atoms with van der Waals surface area (Å²) in [5, 5.41) is 5.38. The molecule has 1 heterocycles. The molecule has 1 aromatic carbocycles. The van der Waals surface area contributed by atoms with E-state index in [0.717, 1.165) is 44.9 Å². The number of rotatable bonds is 17. The number of hydrogen-bond acceptors (Lipinski definition) is 9. The molecule has 2 aliphatic carbocycles. The van der Waals surface area contributed by atoms with Crippen LogP contribution in [0.4, 0.5) is 4.79 Å². The predicted octanol–water partition coefficient (Wildman–Crippen LogP) is 4.88. The number of alkyl carbamates (subject to hydrolysis) is 1. The molecule has 54 heavy (non-hydrogen) atoms. The number of ether oxygens (including phenoxy) is 2. The molecule has 4 amide bonds. The van der Waals surface area contributed by atoms with Gasteiger partial charge in [0.05, 0.1) is 17.7 Å². The number of nitrogens with one attached hydrogen (secondary N) is 2. The minimum atomic E-state index is -1.09. The quantitative estimate of drug-likeness (QED) is 0.186. The smallest absolute Gasteiger partial charge is 0.408 e. The van der Waals surface area contributed by atoms with Gasteiger partial charge in [-0.15, -0.1) is 0 Å². The Morgan fingerprint density at radius 3 is 2.07 bits per heavy atom. The lowest BCUT2D eigenvalue weighted by atomic mass is 9.83. The van der Waals surface area contributed by atoms with Crippen LogP contribution >= 0.6 is 0 Å². The van der Waals surface area contributed by atoms with Crippen molar-refractivity contribution >= 4 is 41.2 Å². The molecule has 4 rings (SSSR count). The Labute approximate surface area is 319 Å². The van der Waals surface area contributed by atoms with Gasteiger partial charge >= 0.3 is 6.09 Å². The number of nitrogens with two attached hydrogens (primary N) is 1. The summed E-state index contributed by atoms with van der Waals surface area (Å²) < 4.78 is 11.8. The highest BCUT2D eigenvalue weighted by atomic mass is 16.6. The number of amides is 4. The first-order chi connectivity index (χ1) is 25.3. The van der Waals surface area contributed by atoms with Crippen LogP contribution in [0.15, 0.2) is 30.3 Å². The van der Waals surface area contributed by atoms with Crippen molar-refractivity contribution in [3.8, 4) is 0 Å². The lowest BCUT2D eigenvalue weighted by Gasteiger charge is -2.35. The molecular formula is C41H60N4O9. The lowest BCUT2D eigenvalue weighted by Crippen LogP contribution is -2.55. The maximum atomic E-state index is 14.5. The average Bonchev–Trinajstić information content (AvgIpc) is 3.82. The van der Waals surface area contributed by atoms with E-state index in [9.17, 15) is 33.6 Å². The molecule has 3 aliphatic rings. The van der Waals surface area contributed by atoms with Gasteiger partial charge in [-0.2, -0.15) is 0 Å². The van der Waals surface area contributed by atoms with Crippen LogP contribution in [0.3, 0.4) is 0 Å². The molecule has 2 saturated carbocycles. The van der Waals surface area contributed by atoms with Crippen molar-refractivity contribution in [2.45, 2.75) is 154 Å². The van der Waals surface area contributed by atoms with E-state index in [0.29, 0.717) is 12.0 Å². The highest BCUT2D eigenvalue weighted by Crippen LogP contribution is 2.38. The normalized spacial score (nSPS) is 21.0.